The lowest BCUT2D eigenvalue weighted by Gasteiger charge is -2.20. The van der Waals surface area contributed by atoms with E-state index < -0.39 is 0 Å². The number of hydrogen-bond acceptors (Lipinski definition) is 4. The highest BCUT2D eigenvalue weighted by Crippen LogP contribution is 2.31. The van der Waals surface area contributed by atoms with Crippen molar-refractivity contribution < 1.29 is 14.5 Å². The zero-order valence-corrected chi connectivity index (χ0v) is 18.5. The number of benzene rings is 2. The molecular formula is C23H28N3O2S+. The van der Waals surface area contributed by atoms with Crippen molar-refractivity contribution >= 4 is 38.4 Å². The van der Waals surface area contributed by atoms with E-state index in [0.717, 1.165) is 28.3 Å². The minimum Gasteiger partial charge on any atom is -0.340 e. The molecule has 29 heavy (non-hydrogen) atoms. The molecule has 3 aromatic rings. The number of aryl methyl sites for hydroxylation is 2. The SMILES string of the molecule is CC(=O)c1ccc(C(=O)N(CCC[NH+](C)C)c2nc3cc(C)c(C)cc3s2)cc1. The van der Waals surface area contributed by atoms with Crippen molar-refractivity contribution in [2.75, 3.05) is 32.1 Å². The van der Waals surface area contributed by atoms with Crippen molar-refractivity contribution in [3.8, 4) is 0 Å². The van der Waals surface area contributed by atoms with Gasteiger partial charge in [-0.25, -0.2) is 4.98 Å². The van der Waals surface area contributed by atoms with Gasteiger partial charge < -0.3 is 4.90 Å². The van der Waals surface area contributed by atoms with E-state index in [9.17, 15) is 9.59 Å². The van der Waals surface area contributed by atoms with Crippen molar-refractivity contribution in [2.24, 2.45) is 0 Å². The lowest BCUT2D eigenvalue weighted by Crippen LogP contribution is -3.05. The molecular weight excluding hydrogens is 382 g/mol. The highest BCUT2D eigenvalue weighted by Gasteiger charge is 2.22. The van der Waals surface area contributed by atoms with Gasteiger partial charge in [-0.15, -0.1) is 0 Å². The van der Waals surface area contributed by atoms with Crippen LogP contribution in [0.2, 0.25) is 0 Å². The molecule has 1 N–H and O–H groups in total. The van der Waals surface area contributed by atoms with E-state index in [1.54, 1.807) is 40.5 Å². The van der Waals surface area contributed by atoms with E-state index in [4.69, 9.17) is 4.98 Å². The normalized spacial score (nSPS) is 11.2. The van der Waals surface area contributed by atoms with E-state index in [2.05, 4.69) is 40.1 Å². The first kappa shape index (κ1) is 21.1. The van der Waals surface area contributed by atoms with Gasteiger partial charge in [-0.1, -0.05) is 23.5 Å². The summed E-state index contributed by atoms with van der Waals surface area (Å²) in [6.07, 6.45) is 0.883. The molecule has 2 aromatic carbocycles. The van der Waals surface area contributed by atoms with Gasteiger partial charge in [0.05, 0.1) is 30.9 Å². The summed E-state index contributed by atoms with van der Waals surface area (Å²) in [5.74, 6) is -0.0897. The van der Waals surface area contributed by atoms with Crippen molar-refractivity contribution in [2.45, 2.75) is 27.2 Å². The molecule has 1 aromatic heterocycles. The molecule has 0 bridgehead atoms. The molecule has 0 aliphatic heterocycles. The van der Waals surface area contributed by atoms with Crippen molar-refractivity contribution in [1.82, 2.24) is 4.98 Å². The van der Waals surface area contributed by atoms with E-state index in [1.807, 2.05) is 0 Å². The largest absolute Gasteiger partial charge is 0.340 e. The van der Waals surface area contributed by atoms with Gasteiger partial charge in [-0.05, 0) is 56.2 Å². The first-order valence-corrected chi connectivity index (χ1v) is 10.7. The van der Waals surface area contributed by atoms with E-state index in [1.165, 1.54) is 23.0 Å². The lowest BCUT2D eigenvalue weighted by molar-refractivity contribution is -0.858. The van der Waals surface area contributed by atoms with Crippen LogP contribution >= 0.6 is 11.3 Å². The Hall–Kier alpha value is -2.57. The number of carbonyl (C=O) groups is 2. The number of nitrogens with one attached hydrogen (secondary N) is 1. The molecule has 0 saturated carbocycles. The van der Waals surface area contributed by atoms with Crippen LogP contribution in [-0.4, -0.2) is 43.9 Å². The molecule has 0 aliphatic rings. The highest BCUT2D eigenvalue weighted by atomic mass is 32.1. The number of carbonyl (C=O) groups excluding carboxylic acids is 2. The minimum absolute atomic E-state index is 0.00766. The third kappa shape index (κ3) is 4.89. The zero-order chi connectivity index (χ0) is 21.1. The maximum atomic E-state index is 13.3. The number of quaternary nitrogens is 1. The number of rotatable bonds is 7. The van der Waals surface area contributed by atoms with Gasteiger partial charge >= 0.3 is 0 Å². The smallest absolute Gasteiger partial charge is 0.260 e. The molecule has 3 rings (SSSR count). The van der Waals surface area contributed by atoms with Crippen LogP contribution in [0, 0.1) is 13.8 Å². The van der Waals surface area contributed by atoms with Crippen LogP contribution < -0.4 is 9.80 Å². The first-order valence-electron chi connectivity index (χ1n) is 9.86. The first-order chi connectivity index (χ1) is 13.8. The average Bonchev–Trinajstić information content (AvgIpc) is 3.07. The number of hydrogen-bond donors (Lipinski definition) is 1. The fourth-order valence-electron chi connectivity index (χ4n) is 3.16. The monoisotopic (exact) mass is 410 g/mol. The minimum atomic E-state index is -0.0821. The third-order valence-electron chi connectivity index (χ3n) is 5.07. The van der Waals surface area contributed by atoms with Gasteiger partial charge in [0, 0.05) is 24.1 Å². The molecule has 0 spiro atoms. The predicted octanol–water partition coefficient (Wildman–Crippen LogP) is 3.30. The Labute approximate surface area is 176 Å². The number of fused-ring (bicyclic) bond motifs is 1. The molecule has 1 heterocycles. The second-order valence-electron chi connectivity index (χ2n) is 7.80. The lowest BCUT2D eigenvalue weighted by atomic mass is 10.1. The number of anilines is 1. The standard InChI is InChI=1S/C23H27N3O2S/c1-15-13-20-21(14-16(15)2)29-23(24-20)26(12-6-11-25(4)5)22(28)19-9-7-18(8-10-19)17(3)27/h7-10,13-14H,6,11-12H2,1-5H3/p+1. The summed E-state index contributed by atoms with van der Waals surface area (Å²) >= 11 is 1.55. The number of aromatic nitrogens is 1. The predicted molar refractivity (Wildman–Crippen MR) is 120 cm³/mol. The molecule has 6 heteroatoms. The summed E-state index contributed by atoms with van der Waals surface area (Å²) in [7, 11) is 4.21. The summed E-state index contributed by atoms with van der Waals surface area (Å²) in [4.78, 5) is 32.7. The summed E-state index contributed by atoms with van der Waals surface area (Å²) < 4.78 is 1.09. The Morgan fingerprint density at radius 1 is 1.03 bits per heavy atom. The van der Waals surface area contributed by atoms with Gasteiger partial charge in [-0.2, -0.15) is 0 Å². The Morgan fingerprint density at radius 2 is 1.66 bits per heavy atom. The van der Waals surface area contributed by atoms with Crippen molar-refractivity contribution in [1.29, 1.82) is 0 Å². The van der Waals surface area contributed by atoms with Crippen LogP contribution in [0.1, 0.15) is 45.2 Å². The number of ketones is 1. The van der Waals surface area contributed by atoms with Crippen LogP contribution in [0.4, 0.5) is 5.13 Å². The average molecular weight is 411 g/mol. The summed E-state index contributed by atoms with van der Waals surface area (Å²) in [6.45, 7) is 7.27. The Morgan fingerprint density at radius 3 is 2.28 bits per heavy atom. The Bertz CT molecular complexity index is 999. The van der Waals surface area contributed by atoms with Gasteiger partial charge in [0.25, 0.3) is 5.91 Å². The molecule has 152 valence electrons. The molecule has 0 saturated heterocycles. The van der Waals surface area contributed by atoms with Crippen LogP contribution in [0.3, 0.4) is 0 Å². The number of amides is 1. The second kappa shape index (κ2) is 8.84. The zero-order valence-electron chi connectivity index (χ0n) is 17.7. The topological polar surface area (TPSA) is 54.7 Å². The molecule has 5 nitrogen and oxygen atoms in total. The fraction of sp³-hybridized carbons (Fsp3) is 0.348. The third-order valence-corrected chi connectivity index (χ3v) is 6.11. The molecule has 0 unspecified atom stereocenters. The molecule has 0 fully saturated rings. The van der Waals surface area contributed by atoms with E-state index in [-0.39, 0.29) is 11.7 Å². The van der Waals surface area contributed by atoms with E-state index >= 15 is 0 Å². The number of Topliss-reactive ketones (excluding diaryl/α,β-unsaturated/α-hetero) is 1. The van der Waals surface area contributed by atoms with Crippen LogP contribution in [-0.2, 0) is 0 Å². The Kier molecular flexibility index (Phi) is 6.45. The van der Waals surface area contributed by atoms with Gasteiger partial charge in [0.2, 0.25) is 0 Å². The fourth-order valence-corrected chi connectivity index (χ4v) is 4.23. The van der Waals surface area contributed by atoms with Crippen LogP contribution in [0.15, 0.2) is 36.4 Å². The number of nitrogens with zero attached hydrogens (tertiary/aromatic N) is 2. The molecule has 0 radical (unpaired) electrons. The van der Waals surface area contributed by atoms with Crippen molar-refractivity contribution in [3.05, 3.63) is 58.7 Å². The van der Waals surface area contributed by atoms with Gasteiger partial charge in [0.15, 0.2) is 10.9 Å². The molecule has 0 atom stereocenters. The summed E-state index contributed by atoms with van der Waals surface area (Å²) in [6, 6.07) is 11.1. The quantitative estimate of drug-likeness (QED) is 0.608. The Balaban J connectivity index is 1.95. The number of thiazole rings is 1. The van der Waals surface area contributed by atoms with Crippen LogP contribution in [0.25, 0.3) is 10.2 Å². The van der Waals surface area contributed by atoms with Gasteiger partial charge in [-0.3, -0.25) is 14.5 Å². The van der Waals surface area contributed by atoms with Crippen LogP contribution in [0.5, 0.6) is 0 Å². The molecule has 1 amide bonds. The molecule has 0 aliphatic carbocycles. The van der Waals surface area contributed by atoms with E-state index in [0.29, 0.717) is 17.7 Å². The summed E-state index contributed by atoms with van der Waals surface area (Å²) in [5, 5.41) is 0.722. The second-order valence-corrected chi connectivity index (χ2v) is 8.81. The highest BCUT2D eigenvalue weighted by molar-refractivity contribution is 7.22. The summed E-state index contributed by atoms with van der Waals surface area (Å²) in [5.41, 5.74) is 4.52. The van der Waals surface area contributed by atoms with Gasteiger partial charge in [0.1, 0.15) is 0 Å². The van der Waals surface area contributed by atoms with Crippen molar-refractivity contribution in [3.63, 3.8) is 0 Å². The maximum absolute atomic E-state index is 13.3. The maximum Gasteiger partial charge on any atom is 0.260 e.